The third-order valence-corrected chi connectivity index (χ3v) is 5.17. The second kappa shape index (κ2) is 7.49. The molecule has 1 fully saturated rings. The average molecular weight is 409 g/mol. The third kappa shape index (κ3) is 3.99. The number of hydrogen-bond acceptors (Lipinski definition) is 4. The number of aliphatic hydroxyl groups is 1. The summed E-state index contributed by atoms with van der Waals surface area (Å²) in [7, 11) is 0. The van der Waals surface area contributed by atoms with Crippen molar-refractivity contribution in [1.29, 1.82) is 0 Å². The van der Waals surface area contributed by atoms with Crippen molar-refractivity contribution < 1.29 is 14.4 Å². The van der Waals surface area contributed by atoms with Crippen molar-refractivity contribution in [1.82, 2.24) is 0 Å². The maximum atomic E-state index is 13.0. The van der Waals surface area contributed by atoms with Crippen molar-refractivity contribution in [3.05, 3.63) is 68.4 Å². The minimum absolute atomic E-state index is 0.0490. The molecule has 1 N–H and O–H groups in total. The molecule has 1 aliphatic rings. The van der Waals surface area contributed by atoms with Crippen LogP contribution >= 0.6 is 15.9 Å². The largest absolute Gasteiger partial charge is 0.388 e. The van der Waals surface area contributed by atoms with Crippen LogP contribution in [0.4, 0.5) is 15.8 Å². The summed E-state index contributed by atoms with van der Waals surface area (Å²) in [5.41, 5.74) is 1.38. The lowest BCUT2D eigenvalue weighted by molar-refractivity contribution is -0.384. The summed E-state index contributed by atoms with van der Waals surface area (Å²) in [6, 6.07) is 10.8. The Bertz CT molecular complexity index is 761. The Morgan fingerprint density at radius 2 is 1.84 bits per heavy atom. The molecule has 1 aliphatic heterocycles. The maximum absolute atomic E-state index is 13.0. The van der Waals surface area contributed by atoms with E-state index in [1.165, 1.54) is 18.2 Å². The summed E-state index contributed by atoms with van der Waals surface area (Å²) < 4.78 is 13.8. The lowest BCUT2D eigenvalue weighted by atomic mass is 9.87. The first-order valence-electron chi connectivity index (χ1n) is 8.08. The minimum Gasteiger partial charge on any atom is -0.388 e. The highest BCUT2D eigenvalue weighted by Crippen LogP contribution is 2.36. The Kier molecular flexibility index (Phi) is 5.34. The molecule has 0 spiro atoms. The second-order valence-corrected chi connectivity index (χ2v) is 7.13. The number of nitro groups is 1. The first kappa shape index (κ1) is 17.8. The van der Waals surface area contributed by atoms with Gasteiger partial charge < -0.3 is 10.0 Å². The fraction of sp³-hybridized carbons (Fsp3) is 0.333. The summed E-state index contributed by atoms with van der Waals surface area (Å²) in [6.45, 7) is 1.25. The third-order valence-electron chi connectivity index (χ3n) is 4.67. The van der Waals surface area contributed by atoms with Crippen LogP contribution in [0.15, 0.2) is 46.9 Å². The minimum atomic E-state index is -0.653. The molecular formula is C18H18BrFN2O3. The quantitative estimate of drug-likeness (QED) is 0.599. The van der Waals surface area contributed by atoms with Crippen molar-refractivity contribution in [3.8, 4) is 0 Å². The van der Waals surface area contributed by atoms with Gasteiger partial charge in [-0.2, -0.15) is 0 Å². The number of nitro benzene ring substituents is 1. The number of aliphatic hydroxyl groups excluding tert-OH is 1. The molecule has 0 saturated carbocycles. The lowest BCUT2D eigenvalue weighted by Crippen LogP contribution is -2.36. The number of hydrogen-bond donors (Lipinski definition) is 1. The molecule has 0 radical (unpaired) electrons. The molecule has 0 aromatic heterocycles. The zero-order valence-corrected chi connectivity index (χ0v) is 15.0. The summed E-state index contributed by atoms with van der Waals surface area (Å²) in [5.74, 6) is -0.277. The highest BCUT2D eigenvalue weighted by Gasteiger charge is 2.29. The van der Waals surface area contributed by atoms with E-state index < -0.39 is 6.10 Å². The molecule has 1 heterocycles. The molecule has 2 aromatic carbocycles. The highest BCUT2D eigenvalue weighted by atomic mass is 79.9. The van der Waals surface area contributed by atoms with Crippen molar-refractivity contribution in [2.24, 2.45) is 5.92 Å². The molecule has 0 aliphatic carbocycles. The van der Waals surface area contributed by atoms with E-state index in [-0.39, 0.29) is 22.3 Å². The zero-order chi connectivity index (χ0) is 18.0. The van der Waals surface area contributed by atoms with Crippen molar-refractivity contribution in [2.45, 2.75) is 18.9 Å². The molecular weight excluding hydrogens is 391 g/mol. The molecule has 132 valence electrons. The van der Waals surface area contributed by atoms with Crippen LogP contribution in [0.3, 0.4) is 0 Å². The van der Waals surface area contributed by atoms with E-state index in [9.17, 15) is 19.6 Å². The fourth-order valence-corrected chi connectivity index (χ4v) is 3.64. The summed E-state index contributed by atoms with van der Waals surface area (Å²) in [6.07, 6.45) is 0.769. The Labute approximate surface area is 153 Å². The predicted octanol–water partition coefficient (Wildman–Crippen LogP) is 4.45. The molecule has 1 saturated heterocycles. The van der Waals surface area contributed by atoms with Crippen LogP contribution in [0, 0.1) is 21.8 Å². The first-order chi connectivity index (χ1) is 12.0. The Morgan fingerprint density at radius 3 is 2.44 bits per heavy atom. The van der Waals surface area contributed by atoms with E-state index in [0.29, 0.717) is 37.2 Å². The van der Waals surface area contributed by atoms with Gasteiger partial charge in [0, 0.05) is 23.6 Å². The number of nitrogens with zero attached hydrogens (tertiary/aromatic N) is 2. The maximum Gasteiger partial charge on any atom is 0.292 e. The van der Waals surface area contributed by atoms with Gasteiger partial charge >= 0.3 is 0 Å². The molecule has 2 aromatic rings. The van der Waals surface area contributed by atoms with Gasteiger partial charge in [-0.3, -0.25) is 10.1 Å². The van der Waals surface area contributed by atoms with Crippen LogP contribution in [0.5, 0.6) is 0 Å². The molecule has 0 bridgehead atoms. The second-order valence-electron chi connectivity index (χ2n) is 6.21. The van der Waals surface area contributed by atoms with E-state index in [1.54, 1.807) is 24.3 Å². The van der Waals surface area contributed by atoms with Crippen molar-refractivity contribution in [2.75, 3.05) is 18.0 Å². The van der Waals surface area contributed by atoms with Gasteiger partial charge in [-0.1, -0.05) is 28.1 Å². The number of piperidine rings is 1. The summed E-state index contributed by atoms with van der Waals surface area (Å²) >= 11 is 3.36. The van der Waals surface area contributed by atoms with E-state index in [1.807, 2.05) is 4.90 Å². The van der Waals surface area contributed by atoms with Gasteiger partial charge in [0.25, 0.3) is 5.69 Å². The Morgan fingerprint density at radius 1 is 1.20 bits per heavy atom. The molecule has 0 amide bonds. The summed E-state index contributed by atoms with van der Waals surface area (Å²) in [4.78, 5) is 12.9. The van der Waals surface area contributed by atoms with E-state index >= 15 is 0 Å². The van der Waals surface area contributed by atoms with E-state index in [4.69, 9.17) is 0 Å². The fourth-order valence-electron chi connectivity index (χ4n) is 3.29. The van der Waals surface area contributed by atoms with Crippen LogP contribution in [0.2, 0.25) is 0 Å². The van der Waals surface area contributed by atoms with Gasteiger partial charge in [-0.15, -0.1) is 0 Å². The van der Waals surface area contributed by atoms with Crippen LogP contribution < -0.4 is 4.90 Å². The van der Waals surface area contributed by atoms with Crippen LogP contribution in [-0.2, 0) is 0 Å². The molecule has 3 rings (SSSR count). The molecule has 5 nitrogen and oxygen atoms in total. The van der Waals surface area contributed by atoms with Crippen molar-refractivity contribution >= 4 is 27.3 Å². The Hall–Kier alpha value is -1.99. The number of benzene rings is 2. The molecule has 1 unspecified atom stereocenters. The SMILES string of the molecule is O=[N+]([O-])c1ccc(Br)cc1N1CCC(C(O)c2ccc(F)cc2)CC1. The van der Waals surface area contributed by atoms with Gasteiger partial charge in [-0.25, -0.2) is 4.39 Å². The Balaban J connectivity index is 1.71. The topological polar surface area (TPSA) is 66.6 Å². The number of halogens is 2. The van der Waals surface area contributed by atoms with Gasteiger partial charge in [0.2, 0.25) is 0 Å². The summed E-state index contributed by atoms with van der Waals surface area (Å²) in [5, 5.41) is 21.8. The standard InChI is InChI=1S/C18H18BrFN2O3/c19-14-3-6-16(22(24)25)17(11-14)21-9-7-13(8-10-21)18(23)12-1-4-15(20)5-2-12/h1-6,11,13,18,23H,7-10H2. The molecule has 1 atom stereocenters. The van der Waals surface area contributed by atoms with Crippen LogP contribution in [0.1, 0.15) is 24.5 Å². The van der Waals surface area contributed by atoms with E-state index in [0.717, 1.165) is 4.47 Å². The number of rotatable bonds is 4. The molecule has 25 heavy (non-hydrogen) atoms. The normalized spacial score (nSPS) is 16.7. The zero-order valence-electron chi connectivity index (χ0n) is 13.4. The van der Waals surface area contributed by atoms with Crippen LogP contribution in [-0.4, -0.2) is 23.1 Å². The monoisotopic (exact) mass is 408 g/mol. The number of anilines is 1. The average Bonchev–Trinajstić information content (AvgIpc) is 2.61. The molecule has 7 heteroatoms. The smallest absolute Gasteiger partial charge is 0.292 e. The van der Waals surface area contributed by atoms with Gasteiger partial charge in [-0.05, 0) is 48.6 Å². The van der Waals surface area contributed by atoms with Gasteiger partial charge in [0.1, 0.15) is 11.5 Å². The first-order valence-corrected chi connectivity index (χ1v) is 8.87. The van der Waals surface area contributed by atoms with Gasteiger partial charge in [0.05, 0.1) is 11.0 Å². The van der Waals surface area contributed by atoms with E-state index in [2.05, 4.69) is 15.9 Å². The lowest BCUT2D eigenvalue weighted by Gasteiger charge is -2.35. The predicted molar refractivity (Wildman–Crippen MR) is 97.1 cm³/mol. The van der Waals surface area contributed by atoms with Gasteiger partial charge in [0.15, 0.2) is 0 Å². The van der Waals surface area contributed by atoms with Crippen LogP contribution in [0.25, 0.3) is 0 Å². The highest BCUT2D eigenvalue weighted by molar-refractivity contribution is 9.10. The van der Waals surface area contributed by atoms with Crippen molar-refractivity contribution in [3.63, 3.8) is 0 Å².